The predicted molar refractivity (Wildman–Crippen MR) is 62.2 cm³/mol. The van der Waals surface area contributed by atoms with Crippen LogP contribution in [0.1, 0.15) is 20.8 Å². The van der Waals surface area contributed by atoms with Gasteiger partial charge >= 0.3 is 0 Å². The average Bonchev–Trinajstić information content (AvgIpc) is 2.49. The molecule has 0 N–H and O–H groups in total. The number of benzene rings is 1. The topological polar surface area (TPSA) is 9.23 Å². The lowest BCUT2D eigenvalue weighted by Gasteiger charge is -2.21. The summed E-state index contributed by atoms with van der Waals surface area (Å²) in [5.41, 5.74) is -0.127. The average molecular weight is 206 g/mol. The summed E-state index contributed by atoms with van der Waals surface area (Å²) in [4.78, 5) is 0. The van der Waals surface area contributed by atoms with E-state index in [2.05, 4.69) is 38.3 Å². The van der Waals surface area contributed by atoms with Gasteiger partial charge in [-0.15, -0.1) is 11.3 Å². The fraction of sp³-hybridized carbons (Fsp3) is 0.333. The highest BCUT2D eigenvalue weighted by atomic mass is 32.1. The number of hydrogen-bond donors (Lipinski definition) is 0. The molecule has 0 atom stereocenters. The molecule has 0 aliphatic carbocycles. The van der Waals surface area contributed by atoms with Gasteiger partial charge in [0.25, 0.3) is 0 Å². The molecule has 1 heterocycles. The third-order valence-corrected chi connectivity index (χ3v) is 2.80. The van der Waals surface area contributed by atoms with Crippen LogP contribution in [0.4, 0.5) is 0 Å². The van der Waals surface area contributed by atoms with Crippen molar-refractivity contribution in [2.24, 2.45) is 0 Å². The fourth-order valence-corrected chi connectivity index (χ4v) is 2.22. The van der Waals surface area contributed by atoms with Gasteiger partial charge in [-0.3, -0.25) is 0 Å². The van der Waals surface area contributed by atoms with E-state index in [0.717, 1.165) is 5.75 Å². The molecule has 14 heavy (non-hydrogen) atoms. The summed E-state index contributed by atoms with van der Waals surface area (Å²) in [6.45, 7) is 6.21. The standard InChI is InChI=1S/C12H14OS/c1-12(2,3)13-10-6-4-5-9-7-8-14-11(9)10/h4-8H,1-3H3. The van der Waals surface area contributed by atoms with Crippen molar-refractivity contribution in [1.29, 1.82) is 0 Å². The van der Waals surface area contributed by atoms with E-state index in [1.807, 2.05) is 12.1 Å². The van der Waals surface area contributed by atoms with Crippen molar-refractivity contribution in [3.8, 4) is 5.75 Å². The Hall–Kier alpha value is -1.02. The van der Waals surface area contributed by atoms with Crippen molar-refractivity contribution in [2.45, 2.75) is 26.4 Å². The number of fused-ring (bicyclic) bond motifs is 1. The zero-order valence-corrected chi connectivity index (χ0v) is 9.52. The minimum atomic E-state index is -0.127. The summed E-state index contributed by atoms with van der Waals surface area (Å²) in [7, 11) is 0. The molecular formula is C12H14OS. The van der Waals surface area contributed by atoms with E-state index in [9.17, 15) is 0 Å². The summed E-state index contributed by atoms with van der Waals surface area (Å²) >= 11 is 1.73. The normalized spacial score (nSPS) is 11.9. The van der Waals surface area contributed by atoms with Gasteiger partial charge in [0.05, 0.1) is 4.70 Å². The first-order valence-corrected chi connectivity index (χ1v) is 5.59. The Morgan fingerprint density at radius 2 is 1.93 bits per heavy atom. The highest BCUT2D eigenvalue weighted by molar-refractivity contribution is 7.17. The molecule has 0 saturated carbocycles. The number of thiophene rings is 1. The Morgan fingerprint density at radius 3 is 2.64 bits per heavy atom. The lowest BCUT2D eigenvalue weighted by molar-refractivity contribution is 0.133. The van der Waals surface area contributed by atoms with Crippen LogP contribution in [0.2, 0.25) is 0 Å². The molecule has 1 nitrogen and oxygen atoms in total. The molecule has 2 rings (SSSR count). The van der Waals surface area contributed by atoms with Gasteiger partial charge in [-0.2, -0.15) is 0 Å². The first-order valence-electron chi connectivity index (χ1n) is 4.71. The molecule has 2 heteroatoms. The molecule has 0 spiro atoms. The van der Waals surface area contributed by atoms with E-state index in [1.165, 1.54) is 10.1 Å². The highest BCUT2D eigenvalue weighted by Crippen LogP contribution is 2.32. The summed E-state index contributed by atoms with van der Waals surface area (Å²) < 4.78 is 7.12. The maximum absolute atomic E-state index is 5.88. The van der Waals surface area contributed by atoms with Crippen molar-refractivity contribution < 1.29 is 4.74 Å². The molecule has 1 aromatic heterocycles. The van der Waals surface area contributed by atoms with Gasteiger partial charge in [-0.25, -0.2) is 0 Å². The molecule has 1 aromatic carbocycles. The number of ether oxygens (including phenoxy) is 1. The van der Waals surface area contributed by atoms with Crippen LogP contribution in [0.15, 0.2) is 29.6 Å². The Kier molecular flexibility index (Phi) is 2.23. The molecule has 0 radical (unpaired) electrons. The lowest BCUT2D eigenvalue weighted by Crippen LogP contribution is -2.22. The third-order valence-electron chi connectivity index (χ3n) is 1.86. The van der Waals surface area contributed by atoms with Crippen LogP contribution >= 0.6 is 11.3 Å². The summed E-state index contributed by atoms with van der Waals surface area (Å²) in [6, 6.07) is 8.30. The molecule has 2 aromatic rings. The van der Waals surface area contributed by atoms with E-state index in [0.29, 0.717) is 0 Å². The minimum absolute atomic E-state index is 0.127. The lowest BCUT2D eigenvalue weighted by atomic mass is 10.2. The van der Waals surface area contributed by atoms with Crippen LogP contribution in [-0.2, 0) is 0 Å². The maximum atomic E-state index is 5.88. The van der Waals surface area contributed by atoms with Gasteiger partial charge in [0.15, 0.2) is 0 Å². The Labute approximate surface area is 88.3 Å². The molecule has 0 bridgehead atoms. The van der Waals surface area contributed by atoms with Gasteiger partial charge < -0.3 is 4.74 Å². The second-order valence-electron chi connectivity index (χ2n) is 4.31. The minimum Gasteiger partial charge on any atom is -0.487 e. The van der Waals surface area contributed by atoms with Crippen LogP contribution in [0.25, 0.3) is 10.1 Å². The van der Waals surface area contributed by atoms with Gasteiger partial charge in [-0.1, -0.05) is 12.1 Å². The van der Waals surface area contributed by atoms with Gasteiger partial charge in [0, 0.05) is 0 Å². The maximum Gasteiger partial charge on any atom is 0.137 e. The van der Waals surface area contributed by atoms with E-state index in [4.69, 9.17) is 4.74 Å². The van der Waals surface area contributed by atoms with E-state index >= 15 is 0 Å². The quantitative estimate of drug-likeness (QED) is 0.683. The largest absolute Gasteiger partial charge is 0.487 e. The Bertz CT molecular complexity index is 437. The first kappa shape index (κ1) is 9.53. The van der Waals surface area contributed by atoms with Crippen molar-refractivity contribution in [3.63, 3.8) is 0 Å². The van der Waals surface area contributed by atoms with Crippen molar-refractivity contribution in [3.05, 3.63) is 29.6 Å². The zero-order chi connectivity index (χ0) is 10.2. The summed E-state index contributed by atoms with van der Waals surface area (Å²) in [6.07, 6.45) is 0. The van der Waals surface area contributed by atoms with Crippen LogP contribution < -0.4 is 4.74 Å². The van der Waals surface area contributed by atoms with Crippen molar-refractivity contribution >= 4 is 21.4 Å². The van der Waals surface area contributed by atoms with E-state index < -0.39 is 0 Å². The molecule has 74 valence electrons. The molecule has 0 aliphatic heterocycles. The van der Waals surface area contributed by atoms with Gasteiger partial charge in [-0.05, 0) is 43.7 Å². The second-order valence-corrected chi connectivity index (χ2v) is 5.23. The predicted octanol–water partition coefficient (Wildman–Crippen LogP) is 4.08. The van der Waals surface area contributed by atoms with Crippen molar-refractivity contribution in [1.82, 2.24) is 0 Å². The molecular weight excluding hydrogens is 192 g/mol. The van der Waals surface area contributed by atoms with Gasteiger partial charge in [0.2, 0.25) is 0 Å². The van der Waals surface area contributed by atoms with Crippen LogP contribution in [0.5, 0.6) is 5.75 Å². The molecule has 0 fully saturated rings. The SMILES string of the molecule is CC(C)(C)Oc1cccc2ccsc12. The van der Waals surface area contributed by atoms with Gasteiger partial charge in [0.1, 0.15) is 11.4 Å². The summed E-state index contributed by atoms with van der Waals surface area (Å²) in [5, 5.41) is 3.36. The van der Waals surface area contributed by atoms with Crippen LogP contribution in [0, 0.1) is 0 Å². The van der Waals surface area contributed by atoms with Crippen molar-refractivity contribution in [2.75, 3.05) is 0 Å². The number of rotatable bonds is 1. The highest BCUT2D eigenvalue weighted by Gasteiger charge is 2.13. The summed E-state index contributed by atoms with van der Waals surface area (Å²) in [5.74, 6) is 0.991. The molecule has 0 aliphatic rings. The monoisotopic (exact) mass is 206 g/mol. The fourth-order valence-electron chi connectivity index (χ4n) is 1.38. The molecule has 0 unspecified atom stereocenters. The smallest absolute Gasteiger partial charge is 0.137 e. The van der Waals surface area contributed by atoms with E-state index in [-0.39, 0.29) is 5.60 Å². The van der Waals surface area contributed by atoms with E-state index in [1.54, 1.807) is 11.3 Å². The molecule has 0 amide bonds. The van der Waals surface area contributed by atoms with Crippen LogP contribution in [-0.4, -0.2) is 5.60 Å². The second kappa shape index (κ2) is 3.28. The molecule has 0 saturated heterocycles. The third kappa shape index (κ3) is 1.90. The number of hydrogen-bond acceptors (Lipinski definition) is 2. The Morgan fingerprint density at radius 1 is 1.14 bits per heavy atom. The first-order chi connectivity index (χ1) is 6.56. The zero-order valence-electron chi connectivity index (χ0n) is 8.70. The van der Waals surface area contributed by atoms with Crippen LogP contribution in [0.3, 0.4) is 0 Å². The Balaban J connectivity index is 2.46.